The molecule has 1 aromatic carbocycles. The smallest absolute Gasteiger partial charge is 0.236 e. The monoisotopic (exact) mass is 224 g/mol. The summed E-state index contributed by atoms with van der Waals surface area (Å²) in [5, 5.41) is 2.99. The van der Waals surface area contributed by atoms with Crippen molar-refractivity contribution in [2.24, 2.45) is 0 Å². The van der Waals surface area contributed by atoms with Crippen molar-refractivity contribution in [1.82, 2.24) is 10.2 Å². The summed E-state index contributed by atoms with van der Waals surface area (Å²) in [6.07, 6.45) is 0. The number of likely N-dealkylation sites (N-methyl/N-ethyl adjacent to an activating group) is 1. The van der Waals surface area contributed by atoms with Crippen LogP contribution in [-0.4, -0.2) is 31.4 Å². The van der Waals surface area contributed by atoms with Crippen LogP contribution in [0.4, 0.5) is 4.39 Å². The molecule has 0 aromatic heterocycles. The molecule has 0 spiro atoms. The fourth-order valence-corrected chi connectivity index (χ4v) is 1.29. The summed E-state index contributed by atoms with van der Waals surface area (Å²) in [7, 11) is 3.41. The van der Waals surface area contributed by atoms with E-state index in [1.54, 1.807) is 20.2 Å². The molecular formula is C12H17FN2O. The lowest BCUT2D eigenvalue weighted by atomic mass is 10.1. The van der Waals surface area contributed by atoms with Gasteiger partial charge in [0, 0.05) is 20.6 Å². The van der Waals surface area contributed by atoms with E-state index in [9.17, 15) is 9.18 Å². The quantitative estimate of drug-likeness (QED) is 0.836. The average molecular weight is 224 g/mol. The maximum Gasteiger partial charge on any atom is 0.236 e. The highest BCUT2D eigenvalue weighted by atomic mass is 19.1. The molecule has 0 unspecified atom stereocenters. The Bertz CT molecular complexity index is 377. The van der Waals surface area contributed by atoms with Crippen molar-refractivity contribution >= 4 is 5.91 Å². The number of aryl methyl sites for hydroxylation is 1. The normalized spacial score (nSPS) is 10.2. The predicted octanol–water partition coefficient (Wildman–Crippen LogP) is 1.31. The van der Waals surface area contributed by atoms with Gasteiger partial charge in [0.1, 0.15) is 5.82 Å². The second-order valence-electron chi connectivity index (χ2n) is 3.96. The van der Waals surface area contributed by atoms with Gasteiger partial charge in [0.2, 0.25) is 5.91 Å². The number of carbonyl (C=O) groups excluding carboxylic acids is 1. The average Bonchev–Trinajstić information content (AvgIpc) is 2.22. The molecule has 0 heterocycles. The number of hydrogen-bond donors (Lipinski definition) is 1. The molecule has 4 heteroatoms. The Kier molecular flexibility index (Phi) is 4.43. The van der Waals surface area contributed by atoms with Gasteiger partial charge in [-0.05, 0) is 30.2 Å². The highest BCUT2D eigenvalue weighted by Gasteiger charge is 2.04. The second kappa shape index (κ2) is 5.61. The van der Waals surface area contributed by atoms with E-state index in [0.29, 0.717) is 6.54 Å². The molecule has 88 valence electrons. The van der Waals surface area contributed by atoms with E-state index in [4.69, 9.17) is 0 Å². The van der Waals surface area contributed by atoms with Gasteiger partial charge in [-0.2, -0.15) is 0 Å². The number of halogens is 1. The summed E-state index contributed by atoms with van der Waals surface area (Å²) in [5.74, 6) is -0.240. The number of rotatable bonds is 4. The van der Waals surface area contributed by atoms with Gasteiger partial charge in [-0.3, -0.25) is 4.79 Å². The first-order valence-corrected chi connectivity index (χ1v) is 5.16. The molecule has 0 radical (unpaired) electrons. The number of carbonyl (C=O) groups is 1. The highest BCUT2D eigenvalue weighted by Crippen LogP contribution is 2.09. The Morgan fingerprint density at radius 1 is 1.44 bits per heavy atom. The predicted molar refractivity (Wildman–Crippen MR) is 61.5 cm³/mol. The van der Waals surface area contributed by atoms with Gasteiger partial charge < -0.3 is 10.2 Å². The standard InChI is InChI=1S/C12H17FN2O/c1-9-4-5-11(13)6-10(9)7-14-8-12(16)15(2)3/h4-6,14H,7-8H2,1-3H3. The molecule has 0 aliphatic rings. The van der Waals surface area contributed by atoms with E-state index >= 15 is 0 Å². The Labute approximate surface area is 95.3 Å². The van der Waals surface area contributed by atoms with Crippen molar-refractivity contribution < 1.29 is 9.18 Å². The maximum atomic E-state index is 13.0. The molecule has 1 aromatic rings. The van der Waals surface area contributed by atoms with Crippen molar-refractivity contribution in [3.05, 3.63) is 35.1 Å². The van der Waals surface area contributed by atoms with Gasteiger partial charge in [0.05, 0.1) is 6.54 Å². The molecule has 0 saturated carbocycles. The Balaban J connectivity index is 2.49. The number of benzene rings is 1. The maximum absolute atomic E-state index is 13.0. The fourth-order valence-electron chi connectivity index (χ4n) is 1.29. The van der Waals surface area contributed by atoms with Crippen LogP contribution in [0.15, 0.2) is 18.2 Å². The van der Waals surface area contributed by atoms with Crippen LogP contribution in [0.2, 0.25) is 0 Å². The molecule has 1 amide bonds. The molecule has 0 aliphatic heterocycles. The van der Waals surface area contributed by atoms with Crippen LogP contribution in [-0.2, 0) is 11.3 Å². The van der Waals surface area contributed by atoms with Gasteiger partial charge in [0.25, 0.3) is 0 Å². The van der Waals surface area contributed by atoms with Gasteiger partial charge in [-0.25, -0.2) is 4.39 Å². The first-order valence-electron chi connectivity index (χ1n) is 5.16. The largest absolute Gasteiger partial charge is 0.348 e. The highest BCUT2D eigenvalue weighted by molar-refractivity contribution is 5.77. The van der Waals surface area contributed by atoms with Gasteiger partial charge >= 0.3 is 0 Å². The van der Waals surface area contributed by atoms with Crippen LogP contribution in [0.1, 0.15) is 11.1 Å². The third-order valence-corrected chi connectivity index (χ3v) is 2.40. The minimum Gasteiger partial charge on any atom is -0.348 e. The first kappa shape index (κ1) is 12.6. The van der Waals surface area contributed by atoms with Gasteiger partial charge in [0.15, 0.2) is 0 Å². The van der Waals surface area contributed by atoms with E-state index < -0.39 is 0 Å². The molecule has 0 aliphatic carbocycles. The van der Waals surface area contributed by atoms with E-state index in [-0.39, 0.29) is 18.3 Å². The number of nitrogens with one attached hydrogen (secondary N) is 1. The Morgan fingerprint density at radius 2 is 2.12 bits per heavy atom. The molecule has 0 bridgehead atoms. The van der Waals surface area contributed by atoms with Crippen LogP contribution < -0.4 is 5.32 Å². The lowest BCUT2D eigenvalue weighted by Crippen LogP contribution is -2.32. The minimum atomic E-state index is -0.249. The summed E-state index contributed by atoms with van der Waals surface area (Å²) < 4.78 is 13.0. The van der Waals surface area contributed by atoms with Gasteiger partial charge in [-0.15, -0.1) is 0 Å². The third-order valence-electron chi connectivity index (χ3n) is 2.40. The third kappa shape index (κ3) is 3.62. The van der Waals surface area contributed by atoms with Crippen LogP contribution in [0.3, 0.4) is 0 Å². The molecule has 0 atom stereocenters. The van der Waals surface area contributed by atoms with Crippen LogP contribution >= 0.6 is 0 Å². The van der Waals surface area contributed by atoms with E-state index in [0.717, 1.165) is 11.1 Å². The Morgan fingerprint density at radius 3 is 2.75 bits per heavy atom. The SMILES string of the molecule is Cc1ccc(F)cc1CNCC(=O)N(C)C. The molecule has 16 heavy (non-hydrogen) atoms. The van der Waals surface area contributed by atoms with Crippen molar-refractivity contribution in [2.45, 2.75) is 13.5 Å². The lowest BCUT2D eigenvalue weighted by molar-refractivity contribution is -0.127. The Hall–Kier alpha value is -1.42. The zero-order chi connectivity index (χ0) is 12.1. The summed E-state index contributed by atoms with van der Waals surface area (Å²) in [5.41, 5.74) is 1.90. The summed E-state index contributed by atoms with van der Waals surface area (Å²) >= 11 is 0. The van der Waals surface area contributed by atoms with Crippen molar-refractivity contribution in [3.8, 4) is 0 Å². The fraction of sp³-hybridized carbons (Fsp3) is 0.417. The van der Waals surface area contributed by atoms with Crippen LogP contribution in [0.5, 0.6) is 0 Å². The summed E-state index contributed by atoms with van der Waals surface area (Å²) in [4.78, 5) is 12.8. The van der Waals surface area contributed by atoms with Gasteiger partial charge in [-0.1, -0.05) is 6.07 Å². The van der Waals surface area contributed by atoms with Crippen molar-refractivity contribution in [3.63, 3.8) is 0 Å². The molecule has 1 rings (SSSR count). The van der Waals surface area contributed by atoms with E-state index in [1.165, 1.54) is 17.0 Å². The van der Waals surface area contributed by atoms with Crippen LogP contribution in [0, 0.1) is 12.7 Å². The summed E-state index contributed by atoms with van der Waals surface area (Å²) in [6, 6.07) is 4.66. The van der Waals surface area contributed by atoms with Crippen LogP contribution in [0.25, 0.3) is 0 Å². The number of nitrogens with zero attached hydrogens (tertiary/aromatic N) is 1. The van der Waals surface area contributed by atoms with Crippen molar-refractivity contribution in [1.29, 1.82) is 0 Å². The molecule has 0 saturated heterocycles. The minimum absolute atomic E-state index is 0.00839. The zero-order valence-electron chi connectivity index (χ0n) is 9.88. The molecule has 0 fully saturated rings. The van der Waals surface area contributed by atoms with E-state index in [2.05, 4.69) is 5.32 Å². The first-order chi connectivity index (χ1) is 7.50. The molecule has 3 nitrogen and oxygen atoms in total. The van der Waals surface area contributed by atoms with Crippen molar-refractivity contribution in [2.75, 3.05) is 20.6 Å². The van der Waals surface area contributed by atoms with E-state index in [1.807, 2.05) is 6.92 Å². The number of amides is 1. The summed E-state index contributed by atoms with van der Waals surface area (Å²) in [6.45, 7) is 2.69. The molecule has 1 N–H and O–H groups in total. The molecular weight excluding hydrogens is 207 g/mol. The second-order valence-corrected chi connectivity index (χ2v) is 3.96. The lowest BCUT2D eigenvalue weighted by Gasteiger charge is -2.11. The number of hydrogen-bond acceptors (Lipinski definition) is 2. The zero-order valence-corrected chi connectivity index (χ0v) is 9.88. The topological polar surface area (TPSA) is 32.3 Å².